The van der Waals surface area contributed by atoms with Crippen molar-refractivity contribution in [1.82, 2.24) is 10.2 Å². The van der Waals surface area contributed by atoms with Gasteiger partial charge in [0.1, 0.15) is 0 Å². The first-order chi connectivity index (χ1) is 7.92. The van der Waals surface area contributed by atoms with Gasteiger partial charge >= 0.3 is 0 Å². The van der Waals surface area contributed by atoms with E-state index < -0.39 is 0 Å². The summed E-state index contributed by atoms with van der Waals surface area (Å²) in [5, 5.41) is 3.32. The minimum absolute atomic E-state index is 0.127. The molecule has 1 amide bonds. The normalized spacial score (nSPS) is 14.4. The van der Waals surface area contributed by atoms with Crippen molar-refractivity contribution in [2.75, 3.05) is 14.1 Å². The Labute approximate surface area is 106 Å². The van der Waals surface area contributed by atoms with Gasteiger partial charge in [0.15, 0.2) is 0 Å². The lowest BCUT2D eigenvalue weighted by Crippen LogP contribution is -2.46. The molecule has 0 fully saturated rings. The predicted molar refractivity (Wildman–Crippen MR) is 73.9 cm³/mol. The molecule has 0 spiro atoms. The summed E-state index contributed by atoms with van der Waals surface area (Å²) in [7, 11) is 3.59. The van der Waals surface area contributed by atoms with Crippen LogP contribution in [0.4, 0.5) is 0 Å². The van der Waals surface area contributed by atoms with Crippen LogP contribution < -0.4 is 5.32 Å². The second kappa shape index (κ2) is 8.07. The van der Waals surface area contributed by atoms with Gasteiger partial charge in [-0.3, -0.25) is 4.79 Å². The van der Waals surface area contributed by atoms with Crippen molar-refractivity contribution in [3.63, 3.8) is 0 Å². The molecule has 1 atom stereocenters. The molecule has 3 nitrogen and oxygen atoms in total. The minimum atomic E-state index is -0.146. The third-order valence-electron chi connectivity index (χ3n) is 2.46. The number of hydrogen-bond donors (Lipinski definition) is 1. The monoisotopic (exact) mass is 238 g/mol. The van der Waals surface area contributed by atoms with Gasteiger partial charge in [-0.1, -0.05) is 37.6 Å². The number of hydrogen-bond acceptors (Lipinski definition) is 2. The van der Waals surface area contributed by atoms with Gasteiger partial charge in [0.05, 0.1) is 6.04 Å². The number of nitrogens with zero attached hydrogens (tertiary/aromatic N) is 1. The van der Waals surface area contributed by atoms with Gasteiger partial charge < -0.3 is 10.2 Å². The lowest BCUT2D eigenvalue weighted by Gasteiger charge is -2.24. The first kappa shape index (κ1) is 15.9. The lowest BCUT2D eigenvalue weighted by atomic mass is 10.0. The Bertz CT molecular complexity index is 291. The summed E-state index contributed by atoms with van der Waals surface area (Å²) in [5.41, 5.74) is 1.18. The Hall–Kier alpha value is -1.09. The van der Waals surface area contributed by atoms with Gasteiger partial charge in [-0.15, -0.1) is 0 Å². The molecule has 0 saturated carbocycles. The highest BCUT2D eigenvalue weighted by Gasteiger charge is 2.21. The maximum absolute atomic E-state index is 12.0. The number of carbonyl (C=O) groups excluding carboxylic acids is 1. The van der Waals surface area contributed by atoms with E-state index in [2.05, 4.69) is 31.3 Å². The van der Waals surface area contributed by atoms with Crippen molar-refractivity contribution >= 4 is 5.91 Å². The van der Waals surface area contributed by atoms with Gasteiger partial charge in [-0.2, -0.15) is 0 Å². The van der Waals surface area contributed by atoms with Gasteiger partial charge in [-0.05, 0) is 20.3 Å². The molecular weight excluding hydrogens is 212 g/mol. The summed E-state index contributed by atoms with van der Waals surface area (Å²) in [6.45, 7) is 8.10. The molecule has 0 radical (unpaired) electrons. The summed E-state index contributed by atoms with van der Waals surface area (Å²) >= 11 is 0. The quantitative estimate of drug-likeness (QED) is 0.720. The van der Waals surface area contributed by atoms with Crippen LogP contribution >= 0.6 is 0 Å². The Morgan fingerprint density at radius 3 is 2.24 bits per heavy atom. The van der Waals surface area contributed by atoms with Gasteiger partial charge in [0.2, 0.25) is 5.91 Å². The zero-order valence-corrected chi connectivity index (χ0v) is 11.9. The fourth-order valence-electron chi connectivity index (χ4n) is 1.66. The third-order valence-corrected chi connectivity index (χ3v) is 2.46. The molecule has 0 rings (SSSR count). The topological polar surface area (TPSA) is 32.3 Å². The van der Waals surface area contributed by atoms with E-state index in [1.807, 2.05) is 19.9 Å². The summed E-state index contributed by atoms with van der Waals surface area (Å²) < 4.78 is 0. The van der Waals surface area contributed by atoms with Gasteiger partial charge in [0.25, 0.3) is 0 Å². The standard InChI is InChI=1S/C14H26N2O/c1-7-9-12(8-2)10-13(15-11(3)4)14(17)16(5)6/h7-9,11,13,15H,10H2,1-6H3/b9-7-,12-8+. The van der Waals surface area contributed by atoms with E-state index >= 15 is 0 Å². The van der Waals surface area contributed by atoms with Crippen LogP contribution in [0.2, 0.25) is 0 Å². The Kier molecular flexibility index (Phi) is 7.55. The van der Waals surface area contributed by atoms with Gasteiger partial charge in [-0.25, -0.2) is 0 Å². The number of carbonyl (C=O) groups is 1. The van der Waals surface area contributed by atoms with Crippen LogP contribution in [0.15, 0.2) is 23.8 Å². The molecule has 0 aliphatic heterocycles. The molecule has 98 valence electrons. The van der Waals surface area contributed by atoms with E-state index in [9.17, 15) is 4.79 Å². The largest absolute Gasteiger partial charge is 0.347 e. The first-order valence-electron chi connectivity index (χ1n) is 6.17. The number of rotatable bonds is 6. The molecule has 0 saturated heterocycles. The summed E-state index contributed by atoms with van der Waals surface area (Å²) in [4.78, 5) is 13.7. The Morgan fingerprint density at radius 2 is 1.88 bits per heavy atom. The van der Waals surface area contributed by atoms with Crippen molar-refractivity contribution in [3.05, 3.63) is 23.8 Å². The molecule has 0 aromatic carbocycles. The highest BCUT2D eigenvalue weighted by molar-refractivity contribution is 5.81. The van der Waals surface area contributed by atoms with E-state index in [0.717, 1.165) is 6.42 Å². The van der Waals surface area contributed by atoms with Crippen LogP contribution in [0.1, 0.15) is 34.1 Å². The Morgan fingerprint density at radius 1 is 1.29 bits per heavy atom. The van der Waals surface area contributed by atoms with Crippen LogP contribution in [-0.2, 0) is 4.79 Å². The molecule has 0 heterocycles. The average Bonchev–Trinajstić information content (AvgIpc) is 2.25. The van der Waals surface area contributed by atoms with Crippen molar-refractivity contribution < 1.29 is 4.79 Å². The van der Waals surface area contributed by atoms with Crippen LogP contribution in [0.5, 0.6) is 0 Å². The smallest absolute Gasteiger partial charge is 0.239 e. The van der Waals surface area contributed by atoms with Crippen LogP contribution in [0.25, 0.3) is 0 Å². The van der Waals surface area contributed by atoms with E-state index in [1.54, 1.807) is 19.0 Å². The van der Waals surface area contributed by atoms with E-state index in [0.29, 0.717) is 6.04 Å². The van der Waals surface area contributed by atoms with Crippen molar-refractivity contribution in [1.29, 1.82) is 0 Å². The summed E-state index contributed by atoms with van der Waals surface area (Å²) in [6, 6.07) is 0.153. The zero-order chi connectivity index (χ0) is 13.4. The van der Waals surface area contributed by atoms with Crippen molar-refractivity contribution in [2.45, 2.75) is 46.2 Å². The number of allylic oxidation sites excluding steroid dienone is 3. The summed E-state index contributed by atoms with van der Waals surface area (Å²) in [5.74, 6) is 0.127. The van der Waals surface area contributed by atoms with Crippen molar-refractivity contribution in [3.8, 4) is 0 Å². The molecule has 1 N–H and O–H groups in total. The highest BCUT2D eigenvalue weighted by atomic mass is 16.2. The molecule has 0 bridgehead atoms. The van der Waals surface area contributed by atoms with E-state index in [4.69, 9.17) is 0 Å². The Balaban J connectivity index is 4.75. The minimum Gasteiger partial charge on any atom is -0.347 e. The molecule has 3 heteroatoms. The van der Waals surface area contributed by atoms with Crippen LogP contribution in [0, 0.1) is 0 Å². The zero-order valence-electron chi connectivity index (χ0n) is 11.9. The second-order valence-corrected chi connectivity index (χ2v) is 4.67. The summed E-state index contributed by atoms with van der Waals surface area (Å²) in [6.07, 6.45) is 6.84. The maximum Gasteiger partial charge on any atom is 0.239 e. The number of amides is 1. The van der Waals surface area contributed by atoms with E-state index in [-0.39, 0.29) is 11.9 Å². The first-order valence-corrected chi connectivity index (χ1v) is 6.17. The van der Waals surface area contributed by atoms with Crippen molar-refractivity contribution in [2.24, 2.45) is 0 Å². The fourth-order valence-corrected chi connectivity index (χ4v) is 1.66. The molecule has 0 aliphatic rings. The number of likely N-dealkylation sites (N-methyl/N-ethyl adjacent to an activating group) is 1. The van der Waals surface area contributed by atoms with Crippen LogP contribution in [0.3, 0.4) is 0 Å². The fraction of sp³-hybridized carbons (Fsp3) is 0.643. The molecular formula is C14H26N2O. The second-order valence-electron chi connectivity index (χ2n) is 4.67. The average molecular weight is 238 g/mol. The molecule has 17 heavy (non-hydrogen) atoms. The predicted octanol–water partition coefficient (Wildman–Crippen LogP) is 2.35. The molecule has 1 unspecified atom stereocenters. The van der Waals surface area contributed by atoms with Crippen LogP contribution in [-0.4, -0.2) is 37.0 Å². The molecule has 0 aromatic heterocycles. The SMILES string of the molecule is C/C=C\C(=C/C)CC(NC(C)C)C(=O)N(C)C. The maximum atomic E-state index is 12.0. The molecule has 0 aromatic rings. The molecule has 0 aliphatic carbocycles. The van der Waals surface area contributed by atoms with Gasteiger partial charge in [0, 0.05) is 20.1 Å². The highest BCUT2D eigenvalue weighted by Crippen LogP contribution is 2.10. The third kappa shape index (κ3) is 6.27. The van der Waals surface area contributed by atoms with E-state index in [1.165, 1.54) is 5.57 Å². The number of nitrogens with one attached hydrogen (secondary N) is 1. The lowest BCUT2D eigenvalue weighted by molar-refractivity contribution is -0.131.